The standard InChI is InChI=1S/C27H35F2N5O3/c1-26(2,29)17-33-11-7-18(8-12-33)16-37-20-14-31-23(32-15-20)19-5-6-21(22(28)13-19)24(35)34-10-4-9-27(34,3)25(30)36/h5-6,13-15,18H,4,7-12,16-17H2,1-3H3,(H2,30,36). The minimum Gasteiger partial charge on any atom is -0.490 e. The summed E-state index contributed by atoms with van der Waals surface area (Å²) in [7, 11) is 0. The lowest BCUT2D eigenvalue weighted by Gasteiger charge is -2.34. The molecule has 200 valence electrons. The van der Waals surface area contributed by atoms with Gasteiger partial charge in [0.2, 0.25) is 5.91 Å². The molecule has 2 saturated heterocycles. The lowest BCUT2D eigenvalue weighted by molar-refractivity contribution is -0.126. The highest BCUT2D eigenvalue weighted by Gasteiger charge is 2.45. The predicted octanol–water partition coefficient (Wildman–Crippen LogP) is 3.60. The molecule has 2 aliphatic rings. The van der Waals surface area contributed by atoms with Crippen LogP contribution in [0.2, 0.25) is 0 Å². The molecule has 10 heteroatoms. The molecule has 2 aliphatic heterocycles. The van der Waals surface area contributed by atoms with Gasteiger partial charge in [-0.05, 0) is 77.6 Å². The van der Waals surface area contributed by atoms with Crippen molar-refractivity contribution in [2.45, 2.75) is 57.7 Å². The van der Waals surface area contributed by atoms with Gasteiger partial charge in [-0.2, -0.15) is 0 Å². The number of rotatable bonds is 8. The van der Waals surface area contributed by atoms with Gasteiger partial charge in [-0.1, -0.05) is 6.07 Å². The van der Waals surface area contributed by atoms with Crippen LogP contribution in [-0.4, -0.2) is 75.6 Å². The van der Waals surface area contributed by atoms with Gasteiger partial charge in [0, 0.05) is 18.7 Å². The highest BCUT2D eigenvalue weighted by molar-refractivity contribution is 5.99. The fraction of sp³-hybridized carbons (Fsp3) is 0.556. The molecule has 2 fully saturated rings. The fourth-order valence-electron chi connectivity index (χ4n) is 5.11. The molecule has 1 aromatic carbocycles. The normalized spacial score (nSPS) is 21.3. The van der Waals surface area contributed by atoms with Crippen LogP contribution in [0.3, 0.4) is 0 Å². The SMILES string of the molecule is CC(C)(F)CN1CCC(COc2cnc(-c3ccc(C(=O)N4CCCC4(C)C(N)=O)c(F)c3)nc2)CC1. The molecular formula is C27H35F2N5O3. The lowest BCUT2D eigenvalue weighted by Crippen LogP contribution is -2.54. The number of ether oxygens (including phenoxy) is 1. The third-order valence-electron chi connectivity index (χ3n) is 7.30. The van der Waals surface area contributed by atoms with Gasteiger partial charge in [0.25, 0.3) is 5.91 Å². The molecular weight excluding hydrogens is 480 g/mol. The number of amides is 2. The molecule has 37 heavy (non-hydrogen) atoms. The topological polar surface area (TPSA) is 102 Å². The average Bonchev–Trinajstić information content (AvgIpc) is 3.25. The molecule has 0 spiro atoms. The Bertz CT molecular complexity index is 1130. The highest BCUT2D eigenvalue weighted by atomic mass is 19.1. The van der Waals surface area contributed by atoms with E-state index in [2.05, 4.69) is 14.9 Å². The Balaban J connectivity index is 1.34. The Morgan fingerprint density at radius 3 is 2.46 bits per heavy atom. The highest BCUT2D eigenvalue weighted by Crippen LogP contribution is 2.31. The van der Waals surface area contributed by atoms with E-state index in [4.69, 9.17) is 10.5 Å². The Hall–Kier alpha value is -3.14. The number of carbonyl (C=O) groups is 2. The molecule has 1 atom stereocenters. The Kier molecular flexibility index (Phi) is 7.77. The molecule has 1 aromatic heterocycles. The maximum Gasteiger partial charge on any atom is 0.257 e. The molecule has 2 aromatic rings. The summed E-state index contributed by atoms with van der Waals surface area (Å²) in [5.41, 5.74) is 3.49. The summed E-state index contributed by atoms with van der Waals surface area (Å²) < 4.78 is 34.7. The first-order valence-electron chi connectivity index (χ1n) is 12.7. The van der Waals surface area contributed by atoms with Crippen LogP contribution in [-0.2, 0) is 4.79 Å². The molecule has 0 aliphatic carbocycles. The van der Waals surface area contributed by atoms with E-state index >= 15 is 0 Å². The average molecular weight is 516 g/mol. The number of benzene rings is 1. The van der Waals surface area contributed by atoms with E-state index in [-0.39, 0.29) is 5.56 Å². The zero-order valence-electron chi connectivity index (χ0n) is 21.7. The largest absolute Gasteiger partial charge is 0.490 e. The second kappa shape index (κ2) is 10.7. The van der Waals surface area contributed by atoms with Gasteiger partial charge in [-0.25, -0.2) is 18.7 Å². The number of hydrogen-bond donors (Lipinski definition) is 1. The van der Waals surface area contributed by atoms with Crippen molar-refractivity contribution in [3.63, 3.8) is 0 Å². The lowest BCUT2D eigenvalue weighted by atomic mass is 9.97. The van der Waals surface area contributed by atoms with E-state index in [9.17, 15) is 18.4 Å². The van der Waals surface area contributed by atoms with Crippen LogP contribution in [0.15, 0.2) is 30.6 Å². The minimum atomic E-state index is -1.19. The minimum absolute atomic E-state index is 0.126. The second-order valence-electron chi connectivity index (χ2n) is 10.9. The molecule has 0 saturated carbocycles. The number of carbonyl (C=O) groups excluding carboxylic acids is 2. The third-order valence-corrected chi connectivity index (χ3v) is 7.30. The fourth-order valence-corrected chi connectivity index (χ4v) is 5.11. The maximum atomic E-state index is 14.9. The van der Waals surface area contributed by atoms with Crippen LogP contribution in [0, 0.1) is 11.7 Å². The van der Waals surface area contributed by atoms with Gasteiger partial charge < -0.3 is 20.3 Å². The first kappa shape index (κ1) is 26.9. The Morgan fingerprint density at radius 2 is 1.86 bits per heavy atom. The Morgan fingerprint density at radius 1 is 1.19 bits per heavy atom. The van der Waals surface area contributed by atoms with Gasteiger partial charge in [-0.15, -0.1) is 0 Å². The van der Waals surface area contributed by atoms with E-state index in [1.807, 2.05) is 0 Å². The van der Waals surface area contributed by atoms with E-state index < -0.39 is 28.8 Å². The summed E-state index contributed by atoms with van der Waals surface area (Å²) in [5, 5.41) is 0. The van der Waals surface area contributed by atoms with Gasteiger partial charge in [0.1, 0.15) is 17.0 Å². The summed E-state index contributed by atoms with van der Waals surface area (Å²) in [6.45, 7) is 7.82. The summed E-state index contributed by atoms with van der Waals surface area (Å²) >= 11 is 0. The molecule has 0 bridgehead atoms. The van der Waals surface area contributed by atoms with Crippen molar-refractivity contribution >= 4 is 11.8 Å². The summed E-state index contributed by atoms with van der Waals surface area (Å²) in [6, 6.07) is 4.18. The second-order valence-corrected chi connectivity index (χ2v) is 10.9. The van der Waals surface area contributed by atoms with Gasteiger partial charge in [0.05, 0.1) is 24.6 Å². The zero-order chi connectivity index (χ0) is 26.8. The molecule has 2 N–H and O–H groups in total. The van der Waals surface area contributed by atoms with Crippen molar-refractivity contribution in [2.24, 2.45) is 11.7 Å². The molecule has 4 rings (SSSR count). The smallest absolute Gasteiger partial charge is 0.257 e. The number of primary amides is 1. The number of hydrogen-bond acceptors (Lipinski definition) is 6. The maximum absolute atomic E-state index is 14.9. The summed E-state index contributed by atoms with van der Waals surface area (Å²) in [6.07, 6.45) is 6.05. The number of piperidine rings is 1. The van der Waals surface area contributed by atoms with Gasteiger partial charge in [0.15, 0.2) is 11.6 Å². The molecule has 3 heterocycles. The number of nitrogens with two attached hydrogens (primary N) is 1. The third kappa shape index (κ3) is 6.23. The number of alkyl halides is 1. The van der Waals surface area contributed by atoms with E-state index in [0.29, 0.717) is 55.6 Å². The van der Waals surface area contributed by atoms with Crippen LogP contribution in [0.25, 0.3) is 11.4 Å². The Labute approximate surface area is 216 Å². The van der Waals surface area contributed by atoms with E-state index in [0.717, 1.165) is 25.9 Å². The van der Waals surface area contributed by atoms with Crippen molar-refractivity contribution in [3.05, 3.63) is 42.0 Å². The number of halogens is 2. The quantitative estimate of drug-likeness (QED) is 0.577. The van der Waals surface area contributed by atoms with E-state index in [1.165, 1.54) is 17.0 Å². The van der Waals surface area contributed by atoms with Crippen LogP contribution in [0.4, 0.5) is 8.78 Å². The van der Waals surface area contributed by atoms with E-state index in [1.54, 1.807) is 39.2 Å². The van der Waals surface area contributed by atoms with Crippen LogP contribution in [0.1, 0.15) is 56.8 Å². The van der Waals surface area contributed by atoms with Crippen molar-refractivity contribution in [1.29, 1.82) is 0 Å². The van der Waals surface area contributed by atoms with Crippen molar-refractivity contribution < 1.29 is 23.1 Å². The van der Waals surface area contributed by atoms with Crippen LogP contribution in [0.5, 0.6) is 5.75 Å². The van der Waals surface area contributed by atoms with Gasteiger partial charge in [-0.3, -0.25) is 9.59 Å². The molecule has 2 amide bonds. The molecule has 1 unspecified atom stereocenters. The predicted molar refractivity (Wildman–Crippen MR) is 135 cm³/mol. The summed E-state index contributed by atoms with van der Waals surface area (Å²) in [5.74, 6) is -0.680. The monoisotopic (exact) mass is 515 g/mol. The zero-order valence-corrected chi connectivity index (χ0v) is 21.7. The van der Waals surface area contributed by atoms with Crippen LogP contribution >= 0.6 is 0 Å². The van der Waals surface area contributed by atoms with Gasteiger partial charge >= 0.3 is 0 Å². The number of likely N-dealkylation sites (tertiary alicyclic amines) is 2. The summed E-state index contributed by atoms with van der Waals surface area (Å²) in [4.78, 5) is 37.0. The molecule has 8 nitrogen and oxygen atoms in total. The van der Waals surface area contributed by atoms with Crippen LogP contribution < -0.4 is 10.5 Å². The van der Waals surface area contributed by atoms with Crippen molar-refractivity contribution in [1.82, 2.24) is 19.8 Å². The first-order valence-corrected chi connectivity index (χ1v) is 12.7. The molecule has 0 radical (unpaired) electrons. The van der Waals surface area contributed by atoms with Crippen molar-refractivity contribution in [2.75, 3.05) is 32.8 Å². The first-order chi connectivity index (χ1) is 17.5. The van der Waals surface area contributed by atoms with Crippen molar-refractivity contribution in [3.8, 4) is 17.1 Å². The number of nitrogens with zero attached hydrogens (tertiary/aromatic N) is 4. The number of aromatic nitrogens is 2.